The van der Waals surface area contributed by atoms with Crippen LogP contribution in [-0.4, -0.2) is 24.9 Å². The molecular weight excluding hydrogens is 389 g/mol. The molecule has 0 amide bonds. The number of hydrogen-bond acceptors (Lipinski definition) is 1. The van der Waals surface area contributed by atoms with E-state index in [0.29, 0.717) is 5.56 Å². The molecule has 0 saturated heterocycles. The van der Waals surface area contributed by atoms with Crippen LogP contribution in [0, 0.1) is 33.5 Å². The highest BCUT2D eigenvalue weighted by Crippen LogP contribution is 2.37. The Balaban J connectivity index is 2.33. The summed E-state index contributed by atoms with van der Waals surface area (Å²) in [6, 6.07) is 6.35. The van der Waals surface area contributed by atoms with Gasteiger partial charge in [-0.1, -0.05) is 17.7 Å². The van der Waals surface area contributed by atoms with Crippen molar-refractivity contribution in [2.24, 2.45) is 0 Å². The number of hydrogen-bond donors (Lipinski definition) is 0. The van der Waals surface area contributed by atoms with Gasteiger partial charge in [0.15, 0.2) is 18.2 Å². The third-order valence-electron chi connectivity index (χ3n) is 4.26. The Morgan fingerprint density at radius 3 is 1.86 bits per heavy atom. The predicted octanol–water partition coefficient (Wildman–Crippen LogP) is 6.64. The molecule has 0 aliphatic rings. The van der Waals surface area contributed by atoms with Crippen LogP contribution in [0.2, 0.25) is 0 Å². The normalized spacial score (nSPS) is 13.5. The van der Waals surface area contributed by atoms with Crippen molar-refractivity contribution in [1.82, 2.24) is 0 Å². The number of rotatable bonds is 5. The molecule has 1 nitrogen and oxygen atoms in total. The second-order valence-electron chi connectivity index (χ2n) is 6.83. The van der Waals surface area contributed by atoms with E-state index < -0.39 is 36.4 Å². The maximum atomic E-state index is 14.5. The quantitative estimate of drug-likeness (QED) is 0.504. The minimum atomic E-state index is -5.75. The van der Waals surface area contributed by atoms with Crippen molar-refractivity contribution in [3.63, 3.8) is 0 Å². The molecular formula is C20H19F7O. The third-order valence-corrected chi connectivity index (χ3v) is 4.26. The fourth-order valence-corrected chi connectivity index (χ4v) is 3.17. The van der Waals surface area contributed by atoms with Gasteiger partial charge in [-0.25, -0.2) is 8.78 Å². The van der Waals surface area contributed by atoms with Gasteiger partial charge in [-0.15, -0.1) is 0 Å². The average Bonchev–Trinajstić information content (AvgIpc) is 2.51. The summed E-state index contributed by atoms with van der Waals surface area (Å²) >= 11 is 0. The highest BCUT2D eigenvalue weighted by Gasteiger charge is 2.57. The van der Waals surface area contributed by atoms with Crippen molar-refractivity contribution >= 4 is 0 Å². The molecule has 154 valence electrons. The second-order valence-corrected chi connectivity index (χ2v) is 6.83. The van der Waals surface area contributed by atoms with Gasteiger partial charge in [0.25, 0.3) is 6.17 Å². The summed E-state index contributed by atoms with van der Waals surface area (Å²) in [4.78, 5) is 0. The lowest BCUT2D eigenvalue weighted by Crippen LogP contribution is -2.45. The molecule has 0 fully saturated rings. The van der Waals surface area contributed by atoms with E-state index in [-0.39, 0.29) is 5.56 Å². The summed E-state index contributed by atoms with van der Waals surface area (Å²) in [6.45, 7) is 5.02. The zero-order valence-corrected chi connectivity index (χ0v) is 15.6. The average molecular weight is 408 g/mol. The standard InChI is InChI=1S/C20H19F7O/c1-10-5-11(2)16(12(3)6-10)14-7-13(4)17(15(21)8-14)28-9-19(23,24)18(22)20(25,26)27/h5-8,18H,9H2,1-4H3. The second kappa shape index (κ2) is 7.64. The molecule has 2 aromatic carbocycles. The van der Waals surface area contributed by atoms with E-state index in [0.717, 1.165) is 28.3 Å². The number of ether oxygens (including phenoxy) is 1. The molecule has 0 bridgehead atoms. The van der Waals surface area contributed by atoms with Gasteiger partial charge in [0.1, 0.15) is 0 Å². The minimum Gasteiger partial charge on any atom is -0.484 e. The van der Waals surface area contributed by atoms with Crippen LogP contribution in [0.4, 0.5) is 30.7 Å². The van der Waals surface area contributed by atoms with Crippen molar-refractivity contribution < 1.29 is 35.5 Å². The van der Waals surface area contributed by atoms with Crippen molar-refractivity contribution in [2.75, 3.05) is 6.61 Å². The van der Waals surface area contributed by atoms with Crippen LogP contribution in [-0.2, 0) is 0 Å². The minimum absolute atomic E-state index is 0.104. The number of halogens is 7. The Labute approximate surface area is 158 Å². The first-order chi connectivity index (χ1) is 12.7. The molecule has 0 spiro atoms. The van der Waals surface area contributed by atoms with E-state index in [1.807, 2.05) is 32.9 Å². The van der Waals surface area contributed by atoms with Gasteiger partial charge < -0.3 is 4.74 Å². The molecule has 28 heavy (non-hydrogen) atoms. The van der Waals surface area contributed by atoms with Crippen molar-refractivity contribution in [2.45, 2.75) is 46.0 Å². The lowest BCUT2D eigenvalue weighted by molar-refractivity contribution is -0.250. The molecule has 0 saturated carbocycles. The summed E-state index contributed by atoms with van der Waals surface area (Å²) < 4.78 is 95.4. The maximum absolute atomic E-state index is 14.5. The predicted molar refractivity (Wildman–Crippen MR) is 92.2 cm³/mol. The van der Waals surface area contributed by atoms with Gasteiger partial charge in [-0.05, 0) is 67.6 Å². The summed E-state index contributed by atoms with van der Waals surface area (Å²) in [5.74, 6) is -6.51. The zero-order chi connectivity index (χ0) is 21.4. The molecule has 0 N–H and O–H groups in total. The lowest BCUT2D eigenvalue weighted by Gasteiger charge is -2.23. The zero-order valence-electron chi connectivity index (χ0n) is 15.6. The van der Waals surface area contributed by atoms with Crippen LogP contribution in [0.5, 0.6) is 5.75 Å². The fourth-order valence-electron chi connectivity index (χ4n) is 3.17. The van der Waals surface area contributed by atoms with Gasteiger partial charge in [0.2, 0.25) is 0 Å². The smallest absolute Gasteiger partial charge is 0.425 e. The molecule has 1 atom stereocenters. The number of aryl methyl sites for hydroxylation is 4. The highest BCUT2D eigenvalue weighted by atomic mass is 19.4. The Morgan fingerprint density at radius 1 is 0.857 bits per heavy atom. The van der Waals surface area contributed by atoms with E-state index >= 15 is 0 Å². The van der Waals surface area contributed by atoms with Crippen LogP contribution in [0.1, 0.15) is 22.3 Å². The van der Waals surface area contributed by atoms with E-state index in [2.05, 4.69) is 4.74 Å². The van der Waals surface area contributed by atoms with E-state index in [1.165, 1.54) is 13.0 Å². The van der Waals surface area contributed by atoms with Crippen LogP contribution >= 0.6 is 0 Å². The first kappa shape index (κ1) is 22.0. The van der Waals surface area contributed by atoms with E-state index in [9.17, 15) is 30.7 Å². The van der Waals surface area contributed by atoms with Crippen molar-refractivity contribution in [1.29, 1.82) is 0 Å². The molecule has 2 rings (SSSR count). The van der Waals surface area contributed by atoms with Crippen LogP contribution in [0.25, 0.3) is 11.1 Å². The summed E-state index contributed by atoms with van der Waals surface area (Å²) in [5.41, 5.74) is 4.10. The van der Waals surface area contributed by atoms with Gasteiger partial charge >= 0.3 is 12.1 Å². The van der Waals surface area contributed by atoms with E-state index in [1.54, 1.807) is 0 Å². The summed E-state index contributed by atoms with van der Waals surface area (Å²) in [6.07, 6.45) is -10.1. The maximum Gasteiger partial charge on any atom is 0.425 e. The Bertz CT molecular complexity index is 825. The summed E-state index contributed by atoms with van der Waals surface area (Å²) in [7, 11) is 0. The molecule has 8 heteroatoms. The first-order valence-corrected chi connectivity index (χ1v) is 8.34. The molecule has 0 aliphatic carbocycles. The van der Waals surface area contributed by atoms with E-state index in [4.69, 9.17) is 0 Å². The van der Waals surface area contributed by atoms with Crippen molar-refractivity contribution in [3.8, 4) is 16.9 Å². The van der Waals surface area contributed by atoms with Gasteiger partial charge in [-0.3, -0.25) is 0 Å². The van der Waals surface area contributed by atoms with Crippen LogP contribution in [0.3, 0.4) is 0 Å². The lowest BCUT2D eigenvalue weighted by atomic mass is 9.93. The Morgan fingerprint density at radius 2 is 1.39 bits per heavy atom. The third kappa shape index (κ3) is 4.59. The van der Waals surface area contributed by atoms with Gasteiger partial charge in [-0.2, -0.15) is 22.0 Å². The number of alkyl halides is 6. The number of benzene rings is 2. The van der Waals surface area contributed by atoms with Gasteiger partial charge in [0, 0.05) is 0 Å². The molecule has 0 aromatic heterocycles. The SMILES string of the molecule is Cc1cc(C)c(-c2cc(C)c(OCC(F)(F)C(F)C(F)(F)F)c(F)c2)c(C)c1. The monoisotopic (exact) mass is 408 g/mol. The van der Waals surface area contributed by atoms with Gasteiger partial charge in [0.05, 0.1) is 0 Å². The molecule has 0 radical (unpaired) electrons. The fraction of sp³-hybridized carbons (Fsp3) is 0.400. The highest BCUT2D eigenvalue weighted by molar-refractivity contribution is 5.72. The molecule has 0 heterocycles. The first-order valence-electron chi connectivity index (χ1n) is 8.34. The van der Waals surface area contributed by atoms with Crippen LogP contribution < -0.4 is 4.74 Å². The Kier molecular flexibility index (Phi) is 6.01. The Hall–Kier alpha value is -2.25. The molecule has 2 aromatic rings. The molecule has 1 unspecified atom stereocenters. The van der Waals surface area contributed by atoms with Crippen LogP contribution in [0.15, 0.2) is 24.3 Å². The largest absolute Gasteiger partial charge is 0.484 e. The topological polar surface area (TPSA) is 9.23 Å². The van der Waals surface area contributed by atoms with Crippen molar-refractivity contribution in [3.05, 3.63) is 52.3 Å². The summed E-state index contributed by atoms with van der Waals surface area (Å²) in [5, 5.41) is 0. The molecule has 0 aliphatic heterocycles.